The van der Waals surface area contributed by atoms with Gasteiger partial charge in [0.05, 0.1) is 6.61 Å². The van der Waals surface area contributed by atoms with Gasteiger partial charge in [-0.1, -0.05) is 29.8 Å². The van der Waals surface area contributed by atoms with Crippen LogP contribution in [0.1, 0.15) is 44.2 Å². The molecular formula is C17H26BrNO. The monoisotopic (exact) mass is 339 g/mol. The largest absolute Gasteiger partial charge is 0.493 e. The first-order valence-electron chi connectivity index (χ1n) is 7.85. The Morgan fingerprint density at radius 3 is 2.95 bits per heavy atom. The van der Waals surface area contributed by atoms with Crippen molar-refractivity contribution in [2.75, 3.05) is 19.7 Å². The van der Waals surface area contributed by atoms with Crippen LogP contribution >= 0.6 is 15.9 Å². The molecule has 112 valence electrons. The van der Waals surface area contributed by atoms with E-state index in [4.69, 9.17) is 4.74 Å². The van der Waals surface area contributed by atoms with E-state index in [0.29, 0.717) is 0 Å². The topological polar surface area (TPSA) is 21.3 Å². The molecule has 0 radical (unpaired) electrons. The fourth-order valence-electron chi connectivity index (χ4n) is 2.73. The Morgan fingerprint density at radius 2 is 2.15 bits per heavy atom. The average Bonchev–Trinajstić information content (AvgIpc) is 2.89. The molecule has 1 aromatic carbocycles. The van der Waals surface area contributed by atoms with Crippen LogP contribution in [0.3, 0.4) is 0 Å². The van der Waals surface area contributed by atoms with E-state index in [-0.39, 0.29) is 0 Å². The number of hydrogen-bond donors (Lipinski definition) is 1. The molecule has 1 heterocycles. The second-order valence-electron chi connectivity index (χ2n) is 5.83. The Balaban J connectivity index is 1.82. The molecule has 2 nitrogen and oxygen atoms in total. The number of fused-ring (bicyclic) bond motifs is 1. The van der Waals surface area contributed by atoms with Crippen molar-refractivity contribution in [3.8, 4) is 5.75 Å². The quantitative estimate of drug-likeness (QED) is 0.711. The summed E-state index contributed by atoms with van der Waals surface area (Å²) in [6.45, 7) is 7.69. The van der Waals surface area contributed by atoms with Crippen LogP contribution in [0.2, 0.25) is 0 Å². The van der Waals surface area contributed by atoms with Crippen molar-refractivity contribution in [2.45, 2.75) is 46.0 Å². The third kappa shape index (κ3) is 4.49. The zero-order valence-electron chi connectivity index (χ0n) is 12.7. The summed E-state index contributed by atoms with van der Waals surface area (Å²) < 4.78 is 6.99. The van der Waals surface area contributed by atoms with Crippen LogP contribution in [0.4, 0.5) is 0 Å². The summed E-state index contributed by atoms with van der Waals surface area (Å²) in [5.41, 5.74) is 2.74. The molecule has 0 aliphatic carbocycles. The normalized spacial score (nSPS) is 14.9. The number of halogens is 1. The van der Waals surface area contributed by atoms with Crippen LogP contribution in [0.5, 0.6) is 5.75 Å². The molecule has 1 atom stereocenters. The SMILES string of the molecule is CCCNCCC(C)CCc1cc(Br)cc2c1OCC2. The molecule has 20 heavy (non-hydrogen) atoms. The second kappa shape index (κ2) is 8.04. The van der Waals surface area contributed by atoms with E-state index in [2.05, 4.69) is 47.2 Å². The van der Waals surface area contributed by atoms with E-state index < -0.39 is 0 Å². The zero-order valence-corrected chi connectivity index (χ0v) is 14.3. The molecule has 0 bridgehead atoms. The minimum absolute atomic E-state index is 0.760. The Bertz CT molecular complexity index is 433. The van der Waals surface area contributed by atoms with Crippen molar-refractivity contribution in [3.63, 3.8) is 0 Å². The van der Waals surface area contributed by atoms with Gasteiger partial charge in [-0.2, -0.15) is 0 Å². The lowest BCUT2D eigenvalue weighted by Gasteiger charge is -2.14. The number of benzene rings is 1. The smallest absolute Gasteiger partial charge is 0.125 e. The highest BCUT2D eigenvalue weighted by atomic mass is 79.9. The highest BCUT2D eigenvalue weighted by Crippen LogP contribution is 2.34. The molecule has 1 aliphatic heterocycles. The molecule has 0 aromatic heterocycles. The van der Waals surface area contributed by atoms with Gasteiger partial charge in [-0.3, -0.25) is 0 Å². The third-order valence-corrected chi connectivity index (χ3v) is 4.43. The Labute approximate surface area is 131 Å². The van der Waals surface area contributed by atoms with Crippen molar-refractivity contribution in [1.29, 1.82) is 0 Å². The van der Waals surface area contributed by atoms with E-state index >= 15 is 0 Å². The molecule has 3 heteroatoms. The minimum Gasteiger partial charge on any atom is -0.493 e. The van der Waals surface area contributed by atoms with Crippen LogP contribution in [0.15, 0.2) is 16.6 Å². The van der Waals surface area contributed by atoms with E-state index in [1.54, 1.807) is 0 Å². The van der Waals surface area contributed by atoms with Gasteiger partial charge < -0.3 is 10.1 Å². The maximum atomic E-state index is 5.80. The maximum absolute atomic E-state index is 5.80. The predicted molar refractivity (Wildman–Crippen MR) is 88.6 cm³/mol. The van der Waals surface area contributed by atoms with Gasteiger partial charge in [-0.05, 0) is 68.0 Å². The van der Waals surface area contributed by atoms with Gasteiger partial charge in [-0.15, -0.1) is 0 Å². The summed E-state index contributed by atoms with van der Waals surface area (Å²) in [7, 11) is 0. The molecule has 0 spiro atoms. The summed E-state index contributed by atoms with van der Waals surface area (Å²) in [5, 5.41) is 3.48. The number of rotatable bonds is 8. The van der Waals surface area contributed by atoms with Crippen molar-refractivity contribution in [2.24, 2.45) is 5.92 Å². The minimum atomic E-state index is 0.760. The van der Waals surface area contributed by atoms with Crippen LogP contribution in [0, 0.1) is 5.92 Å². The Hall–Kier alpha value is -0.540. The van der Waals surface area contributed by atoms with Crippen molar-refractivity contribution < 1.29 is 4.74 Å². The number of ether oxygens (including phenoxy) is 1. The van der Waals surface area contributed by atoms with Crippen LogP contribution in [0.25, 0.3) is 0 Å². The number of nitrogens with one attached hydrogen (secondary N) is 1. The fourth-order valence-corrected chi connectivity index (χ4v) is 3.28. The molecular weight excluding hydrogens is 314 g/mol. The highest BCUT2D eigenvalue weighted by Gasteiger charge is 2.17. The van der Waals surface area contributed by atoms with Crippen LogP contribution < -0.4 is 10.1 Å². The second-order valence-corrected chi connectivity index (χ2v) is 6.75. The first-order valence-corrected chi connectivity index (χ1v) is 8.64. The van der Waals surface area contributed by atoms with Crippen molar-refractivity contribution >= 4 is 15.9 Å². The van der Waals surface area contributed by atoms with E-state index in [9.17, 15) is 0 Å². The fraction of sp³-hybridized carbons (Fsp3) is 0.647. The van der Waals surface area contributed by atoms with Crippen molar-refractivity contribution in [3.05, 3.63) is 27.7 Å². The maximum Gasteiger partial charge on any atom is 0.125 e. The molecule has 1 N–H and O–H groups in total. The summed E-state index contributed by atoms with van der Waals surface area (Å²) in [5.74, 6) is 1.92. The van der Waals surface area contributed by atoms with Gasteiger partial charge in [0.1, 0.15) is 5.75 Å². The summed E-state index contributed by atoms with van der Waals surface area (Å²) in [6.07, 6.45) is 5.89. The molecule has 1 aromatic rings. The highest BCUT2D eigenvalue weighted by molar-refractivity contribution is 9.10. The van der Waals surface area contributed by atoms with E-state index in [1.807, 2.05) is 0 Å². The molecule has 0 saturated heterocycles. The van der Waals surface area contributed by atoms with Crippen LogP contribution in [-0.2, 0) is 12.8 Å². The molecule has 1 aliphatic rings. The molecule has 0 fully saturated rings. The van der Waals surface area contributed by atoms with E-state index in [0.717, 1.165) is 44.2 Å². The lowest BCUT2D eigenvalue weighted by Crippen LogP contribution is -2.18. The summed E-state index contributed by atoms with van der Waals surface area (Å²) in [4.78, 5) is 0. The Morgan fingerprint density at radius 1 is 1.30 bits per heavy atom. The predicted octanol–water partition coefficient (Wildman–Crippen LogP) is 4.34. The van der Waals surface area contributed by atoms with Gasteiger partial charge in [-0.25, -0.2) is 0 Å². The molecule has 2 rings (SSSR count). The van der Waals surface area contributed by atoms with Gasteiger partial charge in [0.2, 0.25) is 0 Å². The molecule has 0 amide bonds. The Kier molecular flexibility index (Phi) is 6.37. The third-order valence-electron chi connectivity index (χ3n) is 3.97. The molecule has 0 saturated carbocycles. The zero-order chi connectivity index (χ0) is 14.4. The first-order chi connectivity index (χ1) is 9.70. The molecule has 1 unspecified atom stereocenters. The number of aryl methyl sites for hydroxylation is 1. The van der Waals surface area contributed by atoms with Gasteiger partial charge in [0.15, 0.2) is 0 Å². The van der Waals surface area contributed by atoms with Crippen LogP contribution in [-0.4, -0.2) is 19.7 Å². The standard InChI is InChI=1S/C17H26BrNO/c1-3-8-19-9-6-13(2)4-5-14-11-16(18)12-15-7-10-20-17(14)15/h11-13,19H,3-10H2,1-2H3. The van der Waals surface area contributed by atoms with Gasteiger partial charge in [0, 0.05) is 10.9 Å². The number of hydrogen-bond acceptors (Lipinski definition) is 2. The summed E-state index contributed by atoms with van der Waals surface area (Å²) >= 11 is 3.62. The van der Waals surface area contributed by atoms with Crippen molar-refractivity contribution in [1.82, 2.24) is 5.32 Å². The van der Waals surface area contributed by atoms with Gasteiger partial charge in [0.25, 0.3) is 0 Å². The average molecular weight is 340 g/mol. The summed E-state index contributed by atoms with van der Waals surface area (Å²) in [6, 6.07) is 4.43. The van der Waals surface area contributed by atoms with E-state index in [1.165, 1.54) is 34.9 Å². The lowest BCUT2D eigenvalue weighted by molar-refractivity contribution is 0.352. The first kappa shape index (κ1) is 15.8. The van der Waals surface area contributed by atoms with Gasteiger partial charge >= 0.3 is 0 Å². The lowest BCUT2D eigenvalue weighted by atomic mass is 9.96.